The van der Waals surface area contributed by atoms with Gasteiger partial charge in [-0.25, -0.2) is 0 Å². The summed E-state index contributed by atoms with van der Waals surface area (Å²) in [5.74, 6) is 0. The Morgan fingerprint density at radius 1 is 1.54 bits per heavy atom. The molecule has 1 saturated heterocycles. The first kappa shape index (κ1) is 10.2. The summed E-state index contributed by atoms with van der Waals surface area (Å²) in [6.45, 7) is 0.0425. The lowest BCUT2D eigenvalue weighted by atomic mass is 10.0. The third-order valence-corrected chi connectivity index (χ3v) is 1.89. The summed E-state index contributed by atoms with van der Waals surface area (Å²) in [5, 5.41) is 22.0. The lowest BCUT2D eigenvalue weighted by Crippen LogP contribution is -2.52. The number of nitrogens with zero attached hydrogens (tertiary/aromatic N) is 3. The van der Waals surface area contributed by atoms with Crippen LogP contribution in [0.1, 0.15) is 0 Å². The Labute approximate surface area is 74.5 Å². The highest BCUT2D eigenvalue weighted by Crippen LogP contribution is 2.18. The van der Waals surface area contributed by atoms with Crippen molar-refractivity contribution in [1.29, 1.82) is 0 Å². The van der Waals surface area contributed by atoms with E-state index in [2.05, 4.69) is 10.0 Å². The highest BCUT2D eigenvalue weighted by Gasteiger charge is 2.37. The Bertz CT molecular complexity index is 218. The molecule has 1 aliphatic heterocycles. The lowest BCUT2D eigenvalue weighted by molar-refractivity contribution is -0.237. The van der Waals surface area contributed by atoms with Gasteiger partial charge in [-0.2, -0.15) is 0 Å². The van der Waals surface area contributed by atoms with Crippen molar-refractivity contribution in [3.05, 3.63) is 10.4 Å². The maximum absolute atomic E-state index is 9.40. The van der Waals surface area contributed by atoms with Crippen LogP contribution in [0.25, 0.3) is 10.4 Å². The number of methoxy groups -OCH3 is 1. The largest absolute Gasteiger partial charge is 0.390 e. The van der Waals surface area contributed by atoms with Crippen LogP contribution < -0.4 is 0 Å². The van der Waals surface area contributed by atoms with Gasteiger partial charge in [0.15, 0.2) is 6.29 Å². The Hall–Kier alpha value is -0.850. The molecule has 0 saturated carbocycles. The zero-order valence-corrected chi connectivity index (χ0v) is 7.07. The van der Waals surface area contributed by atoms with Crippen LogP contribution in [0.15, 0.2) is 5.11 Å². The van der Waals surface area contributed by atoms with Crippen LogP contribution in [0.5, 0.6) is 0 Å². The number of ether oxygens (including phenoxy) is 2. The van der Waals surface area contributed by atoms with Crippen LogP contribution in [0, 0.1) is 0 Å². The second-order valence-corrected chi connectivity index (χ2v) is 2.69. The van der Waals surface area contributed by atoms with E-state index in [0.717, 1.165) is 0 Å². The monoisotopic (exact) mass is 189 g/mol. The topological polar surface area (TPSA) is 108 Å². The number of hydrogen-bond donors (Lipinski definition) is 2. The van der Waals surface area contributed by atoms with Crippen molar-refractivity contribution in [2.75, 3.05) is 13.7 Å². The van der Waals surface area contributed by atoms with Crippen molar-refractivity contribution in [2.24, 2.45) is 5.11 Å². The van der Waals surface area contributed by atoms with Gasteiger partial charge in [0.1, 0.15) is 6.10 Å². The van der Waals surface area contributed by atoms with E-state index in [1.807, 2.05) is 0 Å². The third-order valence-electron chi connectivity index (χ3n) is 1.89. The second-order valence-electron chi connectivity index (χ2n) is 2.69. The molecule has 7 nitrogen and oxygen atoms in total. The molecule has 0 aromatic carbocycles. The van der Waals surface area contributed by atoms with E-state index in [-0.39, 0.29) is 6.61 Å². The molecule has 7 heteroatoms. The first-order valence-corrected chi connectivity index (χ1v) is 3.75. The molecule has 13 heavy (non-hydrogen) atoms. The van der Waals surface area contributed by atoms with Gasteiger partial charge in [0.25, 0.3) is 0 Å². The van der Waals surface area contributed by atoms with Crippen LogP contribution in [-0.2, 0) is 9.47 Å². The van der Waals surface area contributed by atoms with Gasteiger partial charge in [-0.15, -0.1) is 0 Å². The van der Waals surface area contributed by atoms with Gasteiger partial charge in [0.05, 0.1) is 18.8 Å². The highest BCUT2D eigenvalue weighted by molar-refractivity contribution is 4.87. The first-order chi connectivity index (χ1) is 6.20. The molecular formula is C6H11N3O4. The zero-order valence-electron chi connectivity index (χ0n) is 7.07. The summed E-state index contributed by atoms with van der Waals surface area (Å²) in [5.41, 5.74) is 8.12. The van der Waals surface area contributed by atoms with Gasteiger partial charge < -0.3 is 19.7 Å². The molecule has 0 aliphatic carbocycles. The van der Waals surface area contributed by atoms with Crippen molar-refractivity contribution >= 4 is 0 Å². The number of azide groups is 1. The molecule has 0 spiro atoms. The molecule has 1 aliphatic rings. The molecule has 0 radical (unpaired) electrons. The third kappa shape index (κ3) is 2.09. The summed E-state index contributed by atoms with van der Waals surface area (Å²) < 4.78 is 9.71. The smallest absolute Gasteiger partial charge is 0.185 e. The summed E-state index contributed by atoms with van der Waals surface area (Å²) in [4.78, 5) is 2.53. The Morgan fingerprint density at radius 3 is 2.77 bits per heavy atom. The van der Waals surface area contributed by atoms with Crippen LogP contribution >= 0.6 is 0 Å². The highest BCUT2D eigenvalue weighted by atomic mass is 16.7. The molecule has 0 aromatic heterocycles. The quantitative estimate of drug-likeness (QED) is 0.343. The fourth-order valence-electron chi connectivity index (χ4n) is 1.15. The summed E-state index contributed by atoms with van der Waals surface area (Å²) in [6.07, 6.45) is -3.19. The number of aliphatic hydroxyl groups is 2. The SMILES string of the molecule is CO[C@@H]1OC[C@@H](N=[N+]=[N-])[C@@H](O)[C@H]1O. The second kappa shape index (κ2) is 4.40. The number of aliphatic hydroxyl groups excluding tert-OH is 2. The van der Waals surface area contributed by atoms with Gasteiger partial charge in [-0.1, -0.05) is 5.11 Å². The van der Waals surface area contributed by atoms with E-state index < -0.39 is 24.5 Å². The molecule has 1 fully saturated rings. The molecule has 74 valence electrons. The fraction of sp³-hybridized carbons (Fsp3) is 1.00. The van der Waals surface area contributed by atoms with Gasteiger partial charge in [0, 0.05) is 12.0 Å². The van der Waals surface area contributed by atoms with Crippen molar-refractivity contribution in [2.45, 2.75) is 24.5 Å². The fourth-order valence-corrected chi connectivity index (χ4v) is 1.15. The Balaban J connectivity index is 2.63. The average molecular weight is 189 g/mol. The zero-order chi connectivity index (χ0) is 9.84. The van der Waals surface area contributed by atoms with Gasteiger partial charge in [-0.3, -0.25) is 0 Å². The standard InChI is InChI=1S/C6H11N3O4/c1-12-6-5(11)4(10)3(2-13-6)8-9-7/h3-6,10-11H,2H2,1H3/t3-,4-,5-,6-/m1/s1. The molecule has 0 bridgehead atoms. The maximum Gasteiger partial charge on any atom is 0.185 e. The molecule has 1 rings (SSSR count). The molecule has 0 aromatic rings. The van der Waals surface area contributed by atoms with Crippen LogP contribution in [0.4, 0.5) is 0 Å². The van der Waals surface area contributed by atoms with E-state index in [4.69, 9.17) is 15.0 Å². The minimum absolute atomic E-state index is 0.0425. The normalized spacial score (nSPS) is 39.6. The molecule has 0 amide bonds. The van der Waals surface area contributed by atoms with E-state index in [0.29, 0.717) is 0 Å². The molecular weight excluding hydrogens is 178 g/mol. The lowest BCUT2D eigenvalue weighted by Gasteiger charge is -2.34. The Morgan fingerprint density at radius 2 is 2.23 bits per heavy atom. The molecule has 0 unspecified atom stereocenters. The molecule has 2 N–H and O–H groups in total. The van der Waals surface area contributed by atoms with Gasteiger partial charge in [0.2, 0.25) is 0 Å². The minimum Gasteiger partial charge on any atom is -0.390 e. The first-order valence-electron chi connectivity index (χ1n) is 3.75. The van der Waals surface area contributed by atoms with Crippen molar-refractivity contribution < 1.29 is 19.7 Å². The average Bonchev–Trinajstić information content (AvgIpc) is 2.14. The van der Waals surface area contributed by atoms with Crippen molar-refractivity contribution in [1.82, 2.24) is 0 Å². The summed E-state index contributed by atoms with van der Waals surface area (Å²) in [6, 6.07) is -0.758. The van der Waals surface area contributed by atoms with Crippen LogP contribution in [0.3, 0.4) is 0 Å². The van der Waals surface area contributed by atoms with Gasteiger partial charge in [-0.05, 0) is 5.53 Å². The molecule has 4 atom stereocenters. The Kier molecular flexibility index (Phi) is 3.47. The van der Waals surface area contributed by atoms with E-state index >= 15 is 0 Å². The van der Waals surface area contributed by atoms with E-state index in [1.165, 1.54) is 7.11 Å². The van der Waals surface area contributed by atoms with Crippen molar-refractivity contribution in [3.8, 4) is 0 Å². The minimum atomic E-state index is -1.19. The predicted octanol–water partition coefficient (Wildman–Crippen LogP) is -0.610. The molecule has 1 heterocycles. The summed E-state index contributed by atoms with van der Waals surface area (Å²) in [7, 11) is 1.36. The van der Waals surface area contributed by atoms with Crippen LogP contribution in [0.2, 0.25) is 0 Å². The van der Waals surface area contributed by atoms with E-state index in [1.54, 1.807) is 0 Å². The summed E-state index contributed by atoms with van der Waals surface area (Å²) >= 11 is 0. The predicted molar refractivity (Wildman–Crippen MR) is 41.7 cm³/mol. The van der Waals surface area contributed by atoms with E-state index in [9.17, 15) is 10.2 Å². The number of hydrogen-bond acceptors (Lipinski definition) is 5. The number of rotatable bonds is 2. The van der Waals surface area contributed by atoms with Crippen molar-refractivity contribution in [3.63, 3.8) is 0 Å². The maximum atomic E-state index is 9.40. The van der Waals surface area contributed by atoms with Crippen LogP contribution in [-0.4, -0.2) is 48.5 Å². The van der Waals surface area contributed by atoms with Gasteiger partial charge >= 0.3 is 0 Å².